The summed E-state index contributed by atoms with van der Waals surface area (Å²) in [5.74, 6) is 0. The van der Waals surface area contributed by atoms with Crippen LogP contribution in [-0.2, 0) is 6.42 Å². The van der Waals surface area contributed by atoms with Gasteiger partial charge in [0, 0.05) is 36.6 Å². The molecule has 4 heteroatoms. The minimum atomic E-state index is 0.745. The molecule has 1 aromatic heterocycles. The summed E-state index contributed by atoms with van der Waals surface area (Å²) < 4.78 is 0. The number of nitrogens with zero attached hydrogens (tertiary/aromatic N) is 2. The number of rotatable bonds is 4. The maximum absolute atomic E-state index is 4.32. The number of piperidine rings is 1. The second kappa shape index (κ2) is 5.46. The summed E-state index contributed by atoms with van der Waals surface area (Å²) in [6.45, 7) is 3.74. The van der Waals surface area contributed by atoms with Gasteiger partial charge < -0.3 is 10.2 Å². The van der Waals surface area contributed by atoms with Crippen LogP contribution in [0.15, 0.2) is 11.6 Å². The summed E-state index contributed by atoms with van der Waals surface area (Å²) in [7, 11) is 0. The van der Waals surface area contributed by atoms with Gasteiger partial charge in [-0.3, -0.25) is 0 Å². The standard InChI is InChI=1S/C13H21N3S/c1-2-12-10-11(4-8-16(12)7-1)14-5-3-13-15-6-9-17-13/h6,9,11-12,14H,1-5,7-8,10H2. The van der Waals surface area contributed by atoms with E-state index in [9.17, 15) is 0 Å². The molecule has 2 unspecified atom stereocenters. The lowest BCUT2D eigenvalue weighted by Gasteiger charge is -2.35. The number of thiazole rings is 1. The molecule has 2 saturated heterocycles. The van der Waals surface area contributed by atoms with Gasteiger partial charge in [-0.25, -0.2) is 4.98 Å². The van der Waals surface area contributed by atoms with Crippen molar-refractivity contribution in [2.24, 2.45) is 0 Å². The Labute approximate surface area is 107 Å². The van der Waals surface area contributed by atoms with E-state index >= 15 is 0 Å². The normalized spacial score (nSPS) is 29.4. The molecule has 3 nitrogen and oxygen atoms in total. The van der Waals surface area contributed by atoms with E-state index in [4.69, 9.17) is 0 Å². The maximum atomic E-state index is 4.32. The molecule has 0 radical (unpaired) electrons. The first-order valence-corrected chi connectivity index (χ1v) is 7.65. The van der Waals surface area contributed by atoms with Gasteiger partial charge >= 0.3 is 0 Å². The second-order valence-corrected chi connectivity index (χ2v) is 6.16. The maximum Gasteiger partial charge on any atom is 0.0937 e. The Hall–Kier alpha value is -0.450. The molecule has 3 heterocycles. The molecule has 2 atom stereocenters. The number of nitrogens with one attached hydrogen (secondary N) is 1. The lowest BCUT2D eigenvalue weighted by molar-refractivity contribution is 0.167. The van der Waals surface area contributed by atoms with Crippen molar-refractivity contribution in [3.8, 4) is 0 Å². The fraction of sp³-hybridized carbons (Fsp3) is 0.769. The number of hydrogen-bond donors (Lipinski definition) is 1. The van der Waals surface area contributed by atoms with Crippen LogP contribution in [0.3, 0.4) is 0 Å². The van der Waals surface area contributed by atoms with Crippen molar-refractivity contribution in [2.45, 2.75) is 44.2 Å². The van der Waals surface area contributed by atoms with Crippen molar-refractivity contribution < 1.29 is 0 Å². The Morgan fingerprint density at radius 2 is 2.41 bits per heavy atom. The highest BCUT2D eigenvalue weighted by molar-refractivity contribution is 7.09. The van der Waals surface area contributed by atoms with Crippen LogP contribution in [0.1, 0.15) is 30.7 Å². The SMILES string of the molecule is c1csc(CCNC2CCN3CCCC3C2)n1. The monoisotopic (exact) mass is 251 g/mol. The van der Waals surface area contributed by atoms with Crippen molar-refractivity contribution in [3.63, 3.8) is 0 Å². The highest BCUT2D eigenvalue weighted by Crippen LogP contribution is 2.26. The highest BCUT2D eigenvalue weighted by atomic mass is 32.1. The molecule has 1 aromatic rings. The molecule has 0 aromatic carbocycles. The third-order valence-corrected chi connectivity index (χ3v) is 4.92. The van der Waals surface area contributed by atoms with E-state index in [1.165, 1.54) is 43.8 Å². The van der Waals surface area contributed by atoms with Crippen LogP contribution in [0.5, 0.6) is 0 Å². The molecule has 0 bridgehead atoms. The Morgan fingerprint density at radius 1 is 1.41 bits per heavy atom. The van der Waals surface area contributed by atoms with E-state index in [0.717, 1.165) is 25.0 Å². The second-order valence-electron chi connectivity index (χ2n) is 5.18. The van der Waals surface area contributed by atoms with E-state index < -0.39 is 0 Å². The van der Waals surface area contributed by atoms with Gasteiger partial charge in [-0.1, -0.05) is 0 Å². The largest absolute Gasteiger partial charge is 0.313 e. The quantitative estimate of drug-likeness (QED) is 0.886. The summed E-state index contributed by atoms with van der Waals surface area (Å²) in [6.07, 6.45) is 8.51. The molecule has 1 N–H and O–H groups in total. The summed E-state index contributed by atoms with van der Waals surface area (Å²) in [4.78, 5) is 7.00. The van der Waals surface area contributed by atoms with Gasteiger partial charge in [0.15, 0.2) is 0 Å². The predicted octanol–water partition coefficient (Wildman–Crippen LogP) is 1.90. The third-order valence-electron chi connectivity index (χ3n) is 4.08. The summed E-state index contributed by atoms with van der Waals surface area (Å²) in [5.41, 5.74) is 0. The minimum Gasteiger partial charge on any atom is -0.313 e. The van der Waals surface area contributed by atoms with Crippen molar-refractivity contribution in [3.05, 3.63) is 16.6 Å². The van der Waals surface area contributed by atoms with Gasteiger partial charge in [0.25, 0.3) is 0 Å². The molecule has 2 fully saturated rings. The third kappa shape index (κ3) is 2.87. The van der Waals surface area contributed by atoms with Gasteiger partial charge in [0.1, 0.15) is 0 Å². The first kappa shape index (κ1) is 11.6. The van der Waals surface area contributed by atoms with Gasteiger partial charge in [-0.2, -0.15) is 0 Å². The molecule has 0 amide bonds. The van der Waals surface area contributed by atoms with Crippen LogP contribution in [0, 0.1) is 0 Å². The molecule has 2 aliphatic rings. The average Bonchev–Trinajstić information content (AvgIpc) is 2.98. The van der Waals surface area contributed by atoms with E-state index in [2.05, 4.69) is 20.6 Å². The number of aromatic nitrogens is 1. The number of hydrogen-bond acceptors (Lipinski definition) is 4. The Kier molecular flexibility index (Phi) is 3.74. The van der Waals surface area contributed by atoms with Crippen molar-refractivity contribution in [2.75, 3.05) is 19.6 Å². The van der Waals surface area contributed by atoms with Crippen LogP contribution >= 0.6 is 11.3 Å². The van der Waals surface area contributed by atoms with Crippen molar-refractivity contribution >= 4 is 11.3 Å². The van der Waals surface area contributed by atoms with Gasteiger partial charge in [0.05, 0.1) is 5.01 Å². The van der Waals surface area contributed by atoms with Crippen LogP contribution in [0.4, 0.5) is 0 Å². The average molecular weight is 251 g/mol. The smallest absolute Gasteiger partial charge is 0.0937 e. The van der Waals surface area contributed by atoms with E-state index in [1.807, 2.05) is 6.20 Å². The molecule has 3 rings (SSSR count). The molecule has 94 valence electrons. The zero-order chi connectivity index (χ0) is 11.5. The topological polar surface area (TPSA) is 28.2 Å². The molecule has 0 spiro atoms. The minimum absolute atomic E-state index is 0.745. The zero-order valence-electron chi connectivity index (χ0n) is 10.3. The molecular weight excluding hydrogens is 230 g/mol. The lowest BCUT2D eigenvalue weighted by Crippen LogP contribution is -2.46. The molecule has 0 saturated carbocycles. The molecule has 17 heavy (non-hydrogen) atoms. The van der Waals surface area contributed by atoms with Crippen molar-refractivity contribution in [1.82, 2.24) is 15.2 Å². The fourth-order valence-electron chi connectivity index (χ4n) is 3.17. The Bertz CT molecular complexity index is 338. The molecular formula is C13H21N3S. The molecule has 2 aliphatic heterocycles. The van der Waals surface area contributed by atoms with Crippen LogP contribution < -0.4 is 5.32 Å². The molecule has 0 aliphatic carbocycles. The summed E-state index contributed by atoms with van der Waals surface area (Å²) >= 11 is 1.77. The Balaban J connectivity index is 1.40. The highest BCUT2D eigenvalue weighted by Gasteiger charge is 2.31. The lowest BCUT2D eigenvalue weighted by atomic mass is 9.97. The summed E-state index contributed by atoms with van der Waals surface area (Å²) in [6, 6.07) is 1.62. The summed E-state index contributed by atoms with van der Waals surface area (Å²) in [5, 5.41) is 7.03. The Morgan fingerprint density at radius 3 is 3.29 bits per heavy atom. The van der Waals surface area contributed by atoms with E-state index in [-0.39, 0.29) is 0 Å². The van der Waals surface area contributed by atoms with Crippen molar-refractivity contribution in [1.29, 1.82) is 0 Å². The van der Waals surface area contributed by atoms with E-state index in [0.29, 0.717) is 0 Å². The van der Waals surface area contributed by atoms with Gasteiger partial charge in [-0.15, -0.1) is 11.3 Å². The van der Waals surface area contributed by atoms with E-state index in [1.54, 1.807) is 11.3 Å². The van der Waals surface area contributed by atoms with Gasteiger partial charge in [-0.05, 0) is 38.8 Å². The zero-order valence-corrected chi connectivity index (χ0v) is 11.1. The predicted molar refractivity (Wildman–Crippen MR) is 71.4 cm³/mol. The van der Waals surface area contributed by atoms with Crippen LogP contribution in [0.25, 0.3) is 0 Å². The van der Waals surface area contributed by atoms with Crippen LogP contribution in [-0.4, -0.2) is 41.6 Å². The number of fused-ring (bicyclic) bond motifs is 1. The first-order valence-electron chi connectivity index (χ1n) is 6.77. The van der Waals surface area contributed by atoms with Crippen LogP contribution in [0.2, 0.25) is 0 Å². The first-order chi connectivity index (χ1) is 8.42. The van der Waals surface area contributed by atoms with Gasteiger partial charge in [0.2, 0.25) is 0 Å². The fourth-order valence-corrected chi connectivity index (χ4v) is 3.79.